The lowest BCUT2D eigenvalue weighted by molar-refractivity contribution is 0.0658. The van der Waals surface area contributed by atoms with E-state index in [-0.39, 0.29) is 5.91 Å². The van der Waals surface area contributed by atoms with Gasteiger partial charge in [-0.1, -0.05) is 0 Å². The first kappa shape index (κ1) is 16.1. The molecule has 2 aromatic heterocycles. The molecule has 4 nitrogen and oxygen atoms in total. The third-order valence-electron chi connectivity index (χ3n) is 3.98. The molecule has 0 unspecified atom stereocenters. The van der Waals surface area contributed by atoms with Gasteiger partial charge in [0.25, 0.3) is 5.91 Å². The Kier molecular flexibility index (Phi) is 4.97. The number of likely N-dealkylation sites (tertiary alicyclic amines) is 1. The summed E-state index contributed by atoms with van der Waals surface area (Å²) in [5, 5.41) is 4.83. The highest BCUT2D eigenvalue weighted by Crippen LogP contribution is 2.32. The summed E-state index contributed by atoms with van der Waals surface area (Å²) >= 11 is 6.63. The van der Waals surface area contributed by atoms with Crippen molar-refractivity contribution in [3.8, 4) is 9.88 Å². The van der Waals surface area contributed by atoms with Gasteiger partial charge in [-0.2, -0.15) is 0 Å². The highest BCUT2D eigenvalue weighted by Gasteiger charge is 2.26. The standard InChI is InChI=1S/C15H18BrN3OS2/c1-18(2)11-3-5-19(6-4-11)15(20)12-9-22-14(17-12)13-7-10(16)8-21-13/h7-9,11H,3-6H2,1-2H3. The van der Waals surface area contributed by atoms with Crippen LogP contribution in [0.25, 0.3) is 9.88 Å². The fourth-order valence-electron chi connectivity index (χ4n) is 2.66. The van der Waals surface area contributed by atoms with Crippen LogP contribution in [-0.2, 0) is 0 Å². The number of amides is 1. The first-order valence-corrected chi connectivity index (χ1v) is 9.75. The van der Waals surface area contributed by atoms with Crippen molar-refractivity contribution >= 4 is 44.5 Å². The van der Waals surface area contributed by atoms with Gasteiger partial charge in [-0.05, 0) is 48.9 Å². The second-order valence-electron chi connectivity index (χ2n) is 5.65. The van der Waals surface area contributed by atoms with Crippen LogP contribution in [-0.4, -0.2) is 53.9 Å². The molecule has 0 spiro atoms. The molecule has 3 rings (SSSR count). The first-order chi connectivity index (χ1) is 10.5. The number of hydrogen-bond acceptors (Lipinski definition) is 5. The maximum absolute atomic E-state index is 12.6. The van der Waals surface area contributed by atoms with Gasteiger partial charge in [-0.3, -0.25) is 4.79 Å². The molecule has 3 heterocycles. The molecular weight excluding hydrogens is 382 g/mol. The topological polar surface area (TPSA) is 36.4 Å². The Balaban J connectivity index is 1.67. The second kappa shape index (κ2) is 6.78. The summed E-state index contributed by atoms with van der Waals surface area (Å²) in [5.74, 6) is 0.0651. The number of carbonyl (C=O) groups is 1. The molecule has 0 N–H and O–H groups in total. The molecule has 2 aromatic rings. The van der Waals surface area contributed by atoms with Crippen LogP contribution in [0.5, 0.6) is 0 Å². The van der Waals surface area contributed by atoms with E-state index < -0.39 is 0 Å². The van der Waals surface area contributed by atoms with Crippen LogP contribution < -0.4 is 0 Å². The fourth-order valence-corrected chi connectivity index (χ4v) is 4.96. The van der Waals surface area contributed by atoms with E-state index >= 15 is 0 Å². The fraction of sp³-hybridized carbons (Fsp3) is 0.467. The molecule has 0 saturated carbocycles. The van der Waals surface area contributed by atoms with Crippen molar-refractivity contribution < 1.29 is 4.79 Å². The zero-order valence-electron chi connectivity index (χ0n) is 12.6. The van der Waals surface area contributed by atoms with E-state index in [0.717, 1.165) is 40.3 Å². The van der Waals surface area contributed by atoms with Gasteiger partial charge < -0.3 is 9.80 Å². The van der Waals surface area contributed by atoms with E-state index in [2.05, 4.69) is 39.9 Å². The molecule has 0 radical (unpaired) electrons. The highest BCUT2D eigenvalue weighted by atomic mass is 79.9. The Morgan fingerprint density at radius 1 is 1.32 bits per heavy atom. The lowest BCUT2D eigenvalue weighted by atomic mass is 10.0. The number of nitrogens with zero attached hydrogens (tertiary/aromatic N) is 3. The Labute approximate surface area is 146 Å². The summed E-state index contributed by atoms with van der Waals surface area (Å²) in [7, 11) is 4.21. The predicted octanol–water partition coefficient (Wildman–Crippen LogP) is 3.80. The Morgan fingerprint density at radius 3 is 2.64 bits per heavy atom. The van der Waals surface area contributed by atoms with Crippen LogP contribution in [0.3, 0.4) is 0 Å². The number of piperidine rings is 1. The SMILES string of the molecule is CN(C)C1CCN(C(=O)c2csc(-c3cc(Br)cs3)n2)CC1. The predicted molar refractivity (Wildman–Crippen MR) is 95.7 cm³/mol. The Bertz CT molecular complexity index is 659. The molecule has 7 heteroatoms. The minimum Gasteiger partial charge on any atom is -0.337 e. The molecule has 1 fully saturated rings. The number of carbonyl (C=O) groups excluding carboxylic acids is 1. The van der Waals surface area contributed by atoms with Crippen molar-refractivity contribution in [1.29, 1.82) is 0 Å². The molecule has 1 saturated heterocycles. The van der Waals surface area contributed by atoms with E-state index in [1.807, 2.05) is 21.7 Å². The van der Waals surface area contributed by atoms with Gasteiger partial charge in [-0.25, -0.2) is 4.98 Å². The monoisotopic (exact) mass is 399 g/mol. The van der Waals surface area contributed by atoms with E-state index in [4.69, 9.17) is 0 Å². The Morgan fingerprint density at radius 2 is 2.05 bits per heavy atom. The zero-order valence-corrected chi connectivity index (χ0v) is 15.8. The van der Waals surface area contributed by atoms with Crippen LogP contribution in [0.2, 0.25) is 0 Å². The van der Waals surface area contributed by atoms with Gasteiger partial charge >= 0.3 is 0 Å². The highest BCUT2D eigenvalue weighted by molar-refractivity contribution is 9.10. The minimum absolute atomic E-state index is 0.0651. The van der Waals surface area contributed by atoms with Crippen molar-refractivity contribution in [2.45, 2.75) is 18.9 Å². The lowest BCUT2D eigenvalue weighted by Crippen LogP contribution is -2.44. The van der Waals surface area contributed by atoms with Crippen molar-refractivity contribution in [3.63, 3.8) is 0 Å². The normalized spacial score (nSPS) is 16.5. The van der Waals surface area contributed by atoms with Crippen LogP contribution in [0.15, 0.2) is 21.3 Å². The smallest absolute Gasteiger partial charge is 0.273 e. The van der Waals surface area contributed by atoms with Gasteiger partial charge in [0.15, 0.2) is 0 Å². The lowest BCUT2D eigenvalue weighted by Gasteiger charge is -2.34. The largest absolute Gasteiger partial charge is 0.337 e. The first-order valence-electron chi connectivity index (χ1n) is 7.20. The minimum atomic E-state index is 0.0651. The van der Waals surface area contributed by atoms with Crippen molar-refractivity contribution in [3.05, 3.63) is 27.0 Å². The van der Waals surface area contributed by atoms with Gasteiger partial charge in [0, 0.05) is 34.4 Å². The summed E-state index contributed by atoms with van der Waals surface area (Å²) in [6.07, 6.45) is 2.07. The third-order valence-corrected chi connectivity index (χ3v) is 6.69. The molecule has 1 amide bonds. The quantitative estimate of drug-likeness (QED) is 0.787. The average Bonchev–Trinajstić information content (AvgIpc) is 3.15. The number of hydrogen-bond donors (Lipinski definition) is 0. The molecule has 1 aliphatic heterocycles. The number of thiophene rings is 1. The van der Waals surface area contributed by atoms with Crippen molar-refractivity contribution in [2.24, 2.45) is 0 Å². The summed E-state index contributed by atoms with van der Waals surface area (Å²) in [5.41, 5.74) is 0.577. The maximum Gasteiger partial charge on any atom is 0.273 e. The molecule has 22 heavy (non-hydrogen) atoms. The number of rotatable bonds is 3. The summed E-state index contributed by atoms with van der Waals surface area (Å²) < 4.78 is 1.06. The second-order valence-corrected chi connectivity index (χ2v) is 8.34. The molecule has 0 aromatic carbocycles. The number of halogens is 1. The summed E-state index contributed by atoms with van der Waals surface area (Å²) in [4.78, 5) is 22.4. The third kappa shape index (κ3) is 3.42. The molecule has 118 valence electrons. The number of aromatic nitrogens is 1. The average molecular weight is 400 g/mol. The van der Waals surface area contributed by atoms with E-state index in [1.165, 1.54) is 11.3 Å². The molecule has 0 aliphatic carbocycles. The Hall–Kier alpha value is -0.760. The zero-order chi connectivity index (χ0) is 15.7. The van der Waals surface area contributed by atoms with Crippen molar-refractivity contribution in [1.82, 2.24) is 14.8 Å². The van der Waals surface area contributed by atoms with E-state index in [1.54, 1.807) is 11.3 Å². The van der Waals surface area contributed by atoms with Crippen molar-refractivity contribution in [2.75, 3.05) is 27.2 Å². The molecular formula is C15H18BrN3OS2. The maximum atomic E-state index is 12.6. The van der Waals surface area contributed by atoms with Gasteiger partial charge in [0.05, 0.1) is 4.88 Å². The van der Waals surface area contributed by atoms with E-state index in [0.29, 0.717) is 11.7 Å². The van der Waals surface area contributed by atoms with Gasteiger partial charge in [0.1, 0.15) is 10.7 Å². The molecule has 1 aliphatic rings. The molecule has 0 bridgehead atoms. The number of thiazole rings is 1. The summed E-state index contributed by atoms with van der Waals surface area (Å²) in [6.45, 7) is 1.64. The van der Waals surface area contributed by atoms with Gasteiger partial charge in [0.2, 0.25) is 0 Å². The van der Waals surface area contributed by atoms with Crippen LogP contribution in [0.4, 0.5) is 0 Å². The van der Waals surface area contributed by atoms with E-state index in [9.17, 15) is 4.79 Å². The van der Waals surface area contributed by atoms with Crippen LogP contribution in [0, 0.1) is 0 Å². The van der Waals surface area contributed by atoms with Crippen LogP contribution in [0.1, 0.15) is 23.3 Å². The van der Waals surface area contributed by atoms with Gasteiger partial charge in [-0.15, -0.1) is 22.7 Å². The molecule has 0 atom stereocenters. The van der Waals surface area contributed by atoms with Crippen LogP contribution >= 0.6 is 38.6 Å². The summed E-state index contributed by atoms with van der Waals surface area (Å²) in [6, 6.07) is 2.62.